The molecule has 35 heavy (non-hydrogen) atoms. The van der Waals surface area contributed by atoms with Crippen LogP contribution in [0.3, 0.4) is 0 Å². The largest absolute Gasteiger partial charge is 0.326 e. The number of aryl methyl sites for hydroxylation is 4. The number of anilines is 2. The van der Waals surface area contributed by atoms with Crippen molar-refractivity contribution in [3.63, 3.8) is 0 Å². The van der Waals surface area contributed by atoms with Gasteiger partial charge < -0.3 is 14.8 Å². The maximum atomic E-state index is 13.2. The molecule has 1 saturated heterocycles. The van der Waals surface area contributed by atoms with Gasteiger partial charge in [-0.3, -0.25) is 9.59 Å². The van der Waals surface area contributed by atoms with Crippen LogP contribution in [-0.4, -0.2) is 33.1 Å². The molecule has 1 unspecified atom stereocenters. The van der Waals surface area contributed by atoms with Crippen molar-refractivity contribution < 1.29 is 9.59 Å². The fourth-order valence-electron chi connectivity index (χ4n) is 5.69. The van der Waals surface area contributed by atoms with Gasteiger partial charge in [0.2, 0.25) is 11.8 Å². The fourth-order valence-corrected chi connectivity index (χ4v) is 5.69. The average Bonchev–Trinajstić information content (AvgIpc) is 3.55. The van der Waals surface area contributed by atoms with Gasteiger partial charge in [-0.25, -0.2) is 0 Å². The van der Waals surface area contributed by atoms with Gasteiger partial charge in [0.15, 0.2) is 5.82 Å². The van der Waals surface area contributed by atoms with Crippen molar-refractivity contribution >= 4 is 23.2 Å². The maximum Gasteiger partial charge on any atom is 0.229 e. The van der Waals surface area contributed by atoms with Crippen molar-refractivity contribution in [3.8, 4) is 11.4 Å². The summed E-state index contributed by atoms with van der Waals surface area (Å²) >= 11 is 0. The zero-order chi connectivity index (χ0) is 23.9. The smallest absolute Gasteiger partial charge is 0.229 e. The molecular formula is C28H31N5O2. The van der Waals surface area contributed by atoms with Gasteiger partial charge in [0.1, 0.15) is 5.82 Å². The predicted octanol–water partition coefficient (Wildman–Crippen LogP) is 4.46. The van der Waals surface area contributed by atoms with Crippen LogP contribution < -0.4 is 10.2 Å². The Bertz CT molecular complexity index is 1310. The first kappa shape index (κ1) is 22.0. The third kappa shape index (κ3) is 4.13. The molecule has 3 aromatic rings. The number of hydrogen-bond acceptors (Lipinski definition) is 4. The lowest BCUT2D eigenvalue weighted by molar-refractivity contribution is -0.122. The maximum absolute atomic E-state index is 13.2. The lowest BCUT2D eigenvalue weighted by Gasteiger charge is -2.18. The SMILES string of the molecule is Cc1ccc(-c2nnc3n2CCCCC3)cc1NC(=O)C1CC(=O)N(c2ccc3c(c2)CCC3)C1. The summed E-state index contributed by atoms with van der Waals surface area (Å²) in [4.78, 5) is 27.8. The number of carbonyl (C=O) groups is 2. The predicted molar refractivity (Wildman–Crippen MR) is 135 cm³/mol. The second kappa shape index (κ2) is 8.95. The van der Waals surface area contributed by atoms with Crippen LogP contribution in [0.2, 0.25) is 0 Å². The number of nitrogens with zero attached hydrogens (tertiary/aromatic N) is 4. The molecule has 2 amide bonds. The van der Waals surface area contributed by atoms with E-state index >= 15 is 0 Å². The summed E-state index contributed by atoms with van der Waals surface area (Å²) < 4.78 is 2.22. The summed E-state index contributed by atoms with van der Waals surface area (Å²) in [6, 6.07) is 12.3. The van der Waals surface area contributed by atoms with Crippen LogP contribution in [0, 0.1) is 12.8 Å². The molecule has 1 atom stereocenters. The summed E-state index contributed by atoms with van der Waals surface area (Å²) in [5.74, 6) is 1.43. The molecule has 6 rings (SSSR count). The third-order valence-corrected chi connectivity index (χ3v) is 7.75. The van der Waals surface area contributed by atoms with Crippen molar-refractivity contribution in [2.75, 3.05) is 16.8 Å². The number of hydrogen-bond donors (Lipinski definition) is 1. The molecule has 1 aromatic heterocycles. The van der Waals surface area contributed by atoms with Gasteiger partial charge in [-0.2, -0.15) is 0 Å². The summed E-state index contributed by atoms with van der Waals surface area (Å²) in [6.45, 7) is 3.33. The second-order valence-corrected chi connectivity index (χ2v) is 10.1. The quantitative estimate of drug-likeness (QED) is 0.612. The molecule has 3 heterocycles. The Morgan fingerprint density at radius 2 is 1.86 bits per heavy atom. The third-order valence-electron chi connectivity index (χ3n) is 7.75. The molecule has 7 nitrogen and oxygen atoms in total. The van der Waals surface area contributed by atoms with E-state index in [0.29, 0.717) is 6.54 Å². The van der Waals surface area contributed by atoms with Gasteiger partial charge in [0, 0.05) is 42.9 Å². The van der Waals surface area contributed by atoms with Gasteiger partial charge in [0.05, 0.1) is 5.92 Å². The van der Waals surface area contributed by atoms with Crippen LogP contribution in [0.4, 0.5) is 11.4 Å². The van der Waals surface area contributed by atoms with E-state index in [2.05, 4.69) is 32.2 Å². The van der Waals surface area contributed by atoms with E-state index in [1.807, 2.05) is 31.2 Å². The molecule has 2 aliphatic heterocycles. The van der Waals surface area contributed by atoms with Gasteiger partial charge in [-0.15, -0.1) is 10.2 Å². The van der Waals surface area contributed by atoms with Crippen LogP contribution in [-0.2, 0) is 35.4 Å². The molecule has 180 valence electrons. The van der Waals surface area contributed by atoms with Crippen molar-refractivity contribution in [3.05, 3.63) is 58.9 Å². The minimum absolute atomic E-state index is 0.0136. The molecule has 0 bridgehead atoms. The molecule has 1 fully saturated rings. The minimum Gasteiger partial charge on any atom is -0.326 e. The second-order valence-electron chi connectivity index (χ2n) is 10.1. The Morgan fingerprint density at radius 3 is 2.77 bits per heavy atom. The van der Waals surface area contributed by atoms with E-state index in [-0.39, 0.29) is 24.2 Å². The van der Waals surface area contributed by atoms with Crippen LogP contribution in [0.25, 0.3) is 11.4 Å². The molecule has 7 heteroatoms. The van der Waals surface area contributed by atoms with Crippen LogP contribution >= 0.6 is 0 Å². The molecular weight excluding hydrogens is 438 g/mol. The molecule has 0 radical (unpaired) electrons. The zero-order valence-electron chi connectivity index (χ0n) is 20.2. The Hall–Kier alpha value is -3.48. The molecule has 0 spiro atoms. The van der Waals surface area contributed by atoms with E-state index in [0.717, 1.165) is 72.8 Å². The van der Waals surface area contributed by atoms with Gasteiger partial charge in [-0.05, 0) is 73.9 Å². The van der Waals surface area contributed by atoms with Crippen LogP contribution in [0.15, 0.2) is 36.4 Å². The van der Waals surface area contributed by atoms with E-state index in [1.54, 1.807) is 4.90 Å². The number of benzene rings is 2. The lowest BCUT2D eigenvalue weighted by atomic mass is 10.1. The van der Waals surface area contributed by atoms with Crippen molar-refractivity contribution in [2.45, 2.75) is 64.8 Å². The summed E-state index contributed by atoms with van der Waals surface area (Å²) in [5, 5.41) is 12.0. The standard InChI is InChI=1S/C28H31N5O2/c1-18-9-10-21(27-31-30-25-8-3-2-4-13-32(25)27)15-24(18)29-28(35)22-16-26(34)33(17-22)23-12-11-19-6-5-7-20(19)14-23/h9-12,14-15,22H,2-8,13,16-17H2,1H3,(H,29,35). The molecule has 1 aliphatic carbocycles. The van der Waals surface area contributed by atoms with E-state index in [4.69, 9.17) is 0 Å². The first-order chi connectivity index (χ1) is 17.1. The molecule has 1 N–H and O–H groups in total. The Kier molecular flexibility index (Phi) is 5.63. The number of rotatable bonds is 4. The minimum atomic E-state index is -0.372. The number of amides is 2. The van der Waals surface area contributed by atoms with Gasteiger partial charge in [0.25, 0.3) is 0 Å². The highest BCUT2D eigenvalue weighted by atomic mass is 16.2. The highest BCUT2D eigenvalue weighted by molar-refractivity contribution is 6.04. The summed E-state index contributed by atoms with van der Waals surface area (Å²) in [6.07, 6.45) is 8.04. The number of nitrogens with one attached hydrogen (secondary N) is 1. The molecule has 2 aromatic carbocycles. The fraction of sp³-hybridized carbons (Fsp3) is 0.429. The van der Waals surface area contributed by atoms with Crippen LogP contribution in [0.5, 0.6) is 0 Å². The zero-order valence-corrected chi connectivity index (χ0v) is 20.2. The number of fused-ring (bicyclic) bond motifs is 2. The summed E-state index contributed by atoms with van der Waals surface area (Å²) in [7, 11) is 0. The van der Waals surface area contributed by atoms with Crippen molar-refractivity contribution in [2.24, 2.45) is 5.92 Å². The lowest BCUT2D eigenvalue weighted by Crippen LogP contribution is -2.28. The van der Waals surface area contributed by atoms with E-state index in [9.17, 15) is 9.59 Å². The highest BCUT2D eigenvalue weighted by Gasteiger charge is 2.35. The Balaban J connectivity index is 1.19. The van der Waals surface area contributed by atoms with E-state index in [1.165, 1.54) is 24.0 Å². The monoisotopic (exact) mass is 469 g/mol. The van der Waals surface area contributed by atoms with Crippen molar-refractivity contribution in [1.82, 2.24) is 14.8 Å². The van der Waals surface area contributed by atoms with Crippen LogP contribution in [0.1, 0.15) is 54.6 Å². The van der Waals surface area contributed by atoms with Crippen molar-refractivity contribution in [1.29, 1.82) is 0 Å². The topological polar surface area (TPSA) is 80.1 Å². The van der Waals surface area contributed by atoms with Gasteiger partial charge >= 0.3 is 0 Å². The van der Waals surface area contributed by atoms with E-state index < -0.39 is 0 Å². The number of carbonyl (C=O) groups excluding carboxylic acids is 2. The Morgan fingerprint density at radius 1 is 0.971 bits per heavy atom. The molecule has 0 saturated carbocycles. The normalized spacial score (nSPS) is 19.4. The first-order valence-electron chi connectivity index (χ1n) is 12.8. The highest BCUT2D eigenvalue weighted by Crippen LogP contribution is 2.32. The number of aromatic nitrogens is 3. The summed E-state index contributed by atoms with van der Waals surface area (Å²) in [5.41, 5.74) is 6.33. The van der Waals surface area contributed by atoms with Gasteiger partial charge in [-0.1, -0.05) is 24.6 Å². The average molecular weight is 470 g/mol. The first-order valence-corrected chi connectivity index (χ1v) is 12.8. The Labute approximate surface area is 205 Å². The molecule has 3 aliphatic rings.